The minimum Gasteiger partial charge on any atom is -0.383 e. The predicted octanol–water partition coefficient (Wildman–Crippen LogP) is 2.94. The summed E-state index contributed by atoms with van der Waals surface area (Å²) in [6.07, 6.45) is 3.78. The average Bonchev–Trinajstić information content (AvgIpc) is 2.81. The quantitative estimate of drug-likeness (QED) is 0.897. The molecule has 0 aliphatic rings. The molecule has 0 saturated heterocycles. The summed E-state index contributed by atoms with van der Waals surface area (Å²) >= 11 is 0. The van der Waals surface area contributed by atoms with Crippen LogP contribution in [0.2, 0.25) is 0 Å². The molecule has 19 heavy (non-hydrogen) atoms. The lowest BCUT2D eigenvalue weighted by molar-refractivity contribution is 0.190. The van der Waals surface area contributed by atoms with E-state index in [1.807, 2.05) is 12.4 Å². The van der Waals surface area contributed by atoms with Crippen molar-refractivity contribution in [2.75, 3.05) is 19.0 Å². The van der Waals surface area contributed by atoms with Crippen LogP contribution in [0.4, 0.5) is 5.95 Å². The molecular weight excluding hydrogens is 238 g/mol. The first kappa shape index (κ1) is 13.6. The summed E-state index contributed by atoms with van der Waals surface area (Å²) in [7, 11) is 1.70. The molecule has 1 aromatic carbocycles. The first-order chi connectivity index (χ1) is 9.13. The van der Waals surface area contributed by atoms with Crippen LogP contribution in [-0.4, -0.2) is 29.3 Å². The molecule has 1 heterocycles. The number of hydrogen-bond acceptors (Lipinski definition) is 3. The Kier molecular flexibility index (Phi) is 4.22. The highest BCUT2D eigenvalue weighted by Crippen LogP contribution is 2.21. The van der Waals surface area contributed by atoms with Crippen molar-refractivity contribution >= 4 is 5.95 Å². The van der Waals surface area contributed by atoms with E-state index in [9.17, 15) is 0 Å². The van der Waals surface area contributed by atoms with Gasteiger partial charge in [0.1, 0.15) is 0 Å². The minimum atomic E-state index is 0.219. The van der Waals surface area contributed by atoms with Gasteiger partial charge in [-0.2, -0.15) is 0 Å². The molecule has 0 bridgehead atoms. The Balaban J connectivity index is 2.31. The fourth-order valence-electron chi connectivity index (χ4n) is 2.11. The van der Waals surface area contributed by atoms with Crippen molar-refractivity contribution in [1.82, 2.24) is 9.55 Å². The molecule has 1 unspecified atom stereocenters. The smallest absolute Gasteiger partial charge is 0.207 e. The Labute approximate surface area is 114 Å². The van der Waals surface area contributed by atoms with E-state index in [1.165, 1.54) is 11.1 Å². The molecule has 0 fully saturated rings. The summed E-state index contributed by atoms with van der Waals surface area (Å²) in [5.74, 6) is 0.846. The number of ether oxygens (including phenoxy) is 1. The molecular formula is C15H21N3O. The maximum Gasteiger partial charge on any atom is 0.207 e. The molecule has 0 amide bonds. The summed E-state index contributed by atoms with van der Waals surface area (Å²) < 4.78 is 7.22. The van der Waals surface area contributed by atoms with Gasteiger partial charge in [-0.25, -0.2) is 4.98 Å². The molecule has 2 aromatic rings. The molecule has 1 atom stereocenters. The molecule has 0 radical (unpaired) electrons. The van der Waals surface area contributed by atoms with Crippen LogP contribution in [0.1, 0.15) is 18.1 Å². The van der Waals surface area contributed by atoms with Gasteiger partial charge in [0.25, 0.3) is 0 Å². The maximum absolute atomic E-state index is 5.14. The summed E-state index contributed by atoms with van der Waals surface area (Å²) in [5, 5.41) is 3.36. The van der Waals surface area contributed by atoms with E-state index < -0.39 is 0 Å². The van der Waals surface area contributed by atoms with Crippen LogP contribution in [0, 0.1) is 13.8 Å². The minimum absolute atomic E-state index is 0.219. The lowest BCUT2D eigenvalue weighted by Gasteiger charge is -2.17. The number of nitrogens with zero attached hydrogens (tertiary/aromatic N) is 2. The lowest BCUT2D eigenvalue weighted by Crippen LogP contribution is -2.23. The zero-order chi connectivity index (χ0) is 13.8. The highest BCUT2D eigenvalue weighted by atomic mass is 16.5. The van der Waals surface area contributed by atoms with Crippen molar-refractivity contribution in [3.05, 3.63) is 41.7 Å². The van der Waals surface area contributed by atoms with Gasteiger partial charge in [0, 0.05) is 25.5 Å². The summed E-state index contributed by atoms with van der Waals surface area (Å²) in [6, 6.07) is 6.52. The molecule has 4 heteroatoms. The third-order valence-electron chi connectivity index (χ3n) is 3.27. The van der Waals surface area contributed by atoms with Gasteiger partial charge in [-0.15, -0.1) is 0 Å². The number of aromatic nitrogens is 2. The second-order valence-electron chi connectivity index (χ2n) is 4.84. The van der Waals surface area contributed by atoms with Gasteiger partial charge in [0.05, 0.1) is 12.3 Å². The van der Waals surface area contributed by atoms with Gasteiger partial charge < -0.3 is 10.1 Å². The summed E-state index contributed by atoms with van der Waals surface area (Å²) in [5.41, 5.74) is 3.70. The SMILES string of the molecule is COCC(C)Nc1nccn1-c1cccc(C)c1C. The van der Waals surface area contributed by atoms with Gasteiger partial charge in [0.15, 0.2) is 0 Å². The lowest BCUT2D eigenvalue weighted by atomic mass is 10.1. The van der Waals surface area contributed by atoms with Crippen LogP contribution in [0.3, 0.4) is 0 Å². The van der Waals surface area contributed by atoms with E-state index in [0.717, 1.165) is 11.6 Å². The third kappa shape index (κ3) is 2.96. The van der Waals surface area contributed by atoms with Crippen molar-refractivity contribution in [2.45, 2.75) is 26.8 Å². The van der Waals surface area contributed by atoms with Gasteiger partial charge in [0.2, 0.25) is 5.95 Å². The summed E-state index contributed by atoms with van der Waals surface area (Å²) in [4.78, 5) is 4.38. The Morgan fingerprint density at radius 1 is 1.37 bits per heavy atom. The van der Waals surface area contributed by atoms with Crippen molar-refractivity contribution < 1.29 is 4.74 Å². The number of methoxy groups -OCH3 is 1. The number of hydrogen-bond donors (Lipinski definition) is 1. The van der Waals surface area contributed by atoms with Crippen LogP contribution in [0.15, 0.2) is 30.6 Å². The second-order valence-corrected chi connectivity index (χ2v) is 4.84. The van der Waals surface area contributed by atoms with E-state index in [2.05, 4.69) is 53.8 Å². The predicted molar refractivity (Wildman–Crippen MR) is 78.0 cm³/mol. The number of imidazole rings is 1. The van der Waals surface area contributed by atoms with Gasteiger partial charge in [-0.3, -0.25) is 4.57 Å². The average molecular weight is 259 g/mol. The molecule has 2 rings (SSSR count). The van der Waals surface area contributed by atoms with Gasteiger partial charge in [-0.05, 0) is 38.0 Å². The van der Waals surface area contributed by atoms with Crippen molar-refractivity contribution in [3.8, 4) is 5.69 Å². The van der Waals surface area contributed by atoms with E-state index in [0.29, 0.717) is 6.61 Å². The Morgan fingerprint density at radius 3 is 2.89 bits per heavy atom. The van der Waals surface area contributed by atoms with Crippen LogP contribution >= 0.6 is 0 Å². The zero-order valence-corrected chi connectivity index (χ0v) is 12.0. The fraction of sp³-hybridized carbons (Fsp3) is 0.400. The largest absolute Gasteiger partial charge is 0.383 e. The van der Waals surface area contributed by atoms with E-state index in [4.69, 9.17) is 4.74 Å². The molecule has 0 saturated carbocycles. The van der Waals surface area contributed by atoms with E-state index in [1.54, 1.807) is 7.11 Å². The van der Waals surface area contributed by atoms with Crippen LogP contribution in [0.5, 0.6) is 0 Å². The summed E-state index contributed by atoms with van der Waals surface area (Å²) in [6.45, 7) is 6.98. The Hall–Kier alpha value is -1.81. The third-order valence-corrected chi connectivity index (χ3v) is 3.27. The molecule has 0 aliphatic heterocycles. The van der Waals surface area contributed by atoms with Crippen molar-refractivity contribution in [3.63, 3.8) is 0 Å². The van der Waals surface area contributed by atoms with Crippen LogP contribution in [0.25, 0.3) is 5.69 Å². The van der Waals surface area contributed by atoms with Crippen molar-refractivity contribution in [1.29, 1.82) is 0 Å². The first-order valence-corrected chi connectivity index (χ1v) is 6.49. The molecule has 0 spiro atoms. The fourth-order valence-corrected chi connectivity index (χ4v) is 2.11. The Morgan fingerprint density at radius 2 is 2.16 bits per heavy atom. The molecule has 4 nitrogen and oxygen atoms in total. The standard InChI is InChI=1S/C15H21N3O/c1-11-6-5-7-14(13(11)3)18-9-8-16-15(18)17-12(2)10-19-4/h5-9,12H,10H2,1-4H3,(H,16,17). The van der Waals surface area contributed by atoms with Crippen molar-refractivity contribution in [2.24, 2.45) is 0 Å². The van der Waals surface area contributed by atoms with E-state index in [-0.39, 0.29) is 6.04 Å². The normalized spacial score (nSPS) is 12.4. The number of nitrogens with one attached hydrogen (secondary N) is 1. The van der Waals surface area contributed by atoms with Gasteiger partial charge >= 0.3 is 0 Å². The topological polar surface area (TPSA) is 39.1 Å². The second kappa shape index (κ2) is 5.89. The number of anilines is 1. The monoisotopic (exact) mass is 259 g/mol. The Bertz CT molecular complexity index is 548. The van der Waals surface area contributed by atoms with Gasteiger partial charge in [-0.1, -0.05) is 12.1 Å². The highest BCUT2D eigenvalue weighted by molar-refractivity contribution is 5.49. The maximum atomic E-state index is 5.14. The highest BCUT2D eigenvalue weighted by Gasteiger charge is 2.10. The van der Waals surface area contributed by atoms with E-state index >= 15 is 0 Å². The number of rotatable bonds is 5. The zero-order valence-electron chi connectivity index (χ0n) is 12.0. The van der Waals surface area contributed by atoms with Crippen LogP contribution < -0.4 is 5.32 Å². The number of aryl methyl sites for hydroxylation is 1. The number of benzene rings is 1. The van der Waals surface area contributed by atoms with Crippen LogP contribution in [-0.2, 0) is 4.74 Å². The molecule has 1 aromatic heterocycles. The molecule has 102 valence electrons. The molecule has 1 N–H and O–H groups in total. The molecule has 0 aliphatic carbocycles. The first-order valence-electron chi connectivity index (χ1n) is 6.49.